The maximum Gasteiger partial charge on any atom is 0.262 e. The van der Waals surface area contributed by atoms with Crippen molar-refractivity contribution in [1.29, 1.82) is 0 Å². The molecular formula is C20H24N2O3. The molecule has 0 aliphatic rings. The van der Waals surface area contributed by atoms with Crippen molar-refractivity contribution in [3.63, 3.8) is 0 Å². The molecule has 3 N–H and O–H groups in total. The summed E-state index contributed by atoms with van der Waals surface area (Å²) in [5.74, 6) is 0.0289. The first-order valence-electron chi connectivity index (χ1n) is 8.21. The maximum absolute atomic E-state index is 12.0. The third kappa shape index (κ3) is 4.83. The molecule has 0 aliphatic carbocycles. The van der Waals surface area contributed by atoms with Crippen LogP contribution in [0, 0.1) is 19.8 Å². The molecule has 0 saturated heterocycles. The minimum absolute atomic E-state index is 0.0192. The zero-order valence-corrected chi connectivity index (χ0v) is 15.1. The molecule has 1 amide bonds. The predicted octanol–water partition coefficient (Wildman–Crippen LogP) is 3.74. The second-order valence-corrected chi connectivity index (χ2v) is 6.41. The number of carbonyl (C=O) groups is 2. The Balaban J connectivity index is 1.97. The van der Waals surface area contributed by atoms with E-state index in [0.29, 0.717) is 17.0 Å². The number of hydrogen-bond donors (Lipinski definition) is 2. The normalized spacial score (nSPS) is 10.6. The number of amides is 1. The number of nitrogens with one attached hydrogen (secondary N) is 1. The van der Waals surface area contributed by atoms with Crippen LogP contribution in [-0.4, -0.2) is 18.3 Å². The van der Waals surface area contributed by atoms with E-state index in [1.165, 1.54) is 0 Å². The van der Waals surface area contributed by atoms with Crippen LogP contribution in [0.3, 0.4) is 0 Å². The molecule has 0 unspecified atom stereocenters. The van der Waals surface area contributed by atoms with Crippen molar-refractivity contribution in [1.82, 2.24) is 0 Å². The number of Topliss-reactive ketones (excluding diaryl/α,β-unsaturated/α-hetero) is 1. The second kappa shape index (κ2) is 7.83. The van der Waals surface area contributed by atoms with Crippen LogP contribution < -0.4 is 15.8 Å². The van der Waals surface area contributed by atoms with Crippen LogP contribution in [-0.2, 0) is 4.79 Å². The Hall–Kier alpha value is -2.82. The van der Waals surface area contributed by atoms with Gasteiger partial charge in [0.05, 0.1) is 5.69 Å². The van der Waals surface area contributed by atoms with E-state index in [2.05, 4.69) is 5.32 Å². The van der Waals surface area contributed by atoms with Crippen LogP contribution in [0.1, 0.15) is 35.3 Å². The van der Waals surface area contributed by atoms with Crippen LogP contribution in [0.25, 0.3) is 0 Å². The summed E-state index contributed by atoms with van der Waals surface area (Å²) in [4.78, 5) is 24.0. The Bertz CT molecular complexity index is 798. The first kappa shape index (κ1) is 18.5. The number of nitrogens with two attached hydrogens (primary N) is 1. The molecule has 5 heteroatoms. The van der Waals surface area contributed by atoms with E-state index in [1.54, 1.807) is 18.2 Å². The van der Waals surface area contributed by atoms with E-state index >= 15 is 0 Å². The highest BCUT2D eigenvalue weighted by Crippen LogP contribution is 2.24. The van der Waals surface area contributed by atoms with Gasteiger partial charge in [0.2, 0.25) is 0 Å². The fraction of sp³-hybridized carbons (Fsp3) is 0.300. The van der Waals surface area contributed by atoms with Crippen LogP contribution >= 0.6 is 0 Å². The van der Waals surface area contributed by atoms with Crippen molar-refractivity contribution >= 4 is 23.1 Å². The van der Waals surface area contributed by atoms with Gasteiger partial charge in [0.1, 0.15) is 5.75 Å². The van der Waals surface area contributed by atoms with E-state index in [-0.39, 0.29) is 24.2 Å². The minimum atomic E-state index is -0.273. The van der Waals surface area contributed by atoms with Crippen molar-refractivity contribution < 1.29 is 14.3 Å². The summed E-state index contributed by atoms with van der Waals surface area (Å²) < 4.78 is 5.47. The lowest BCUT2D eigenvalue weighted by atomic mass is 10.0. The fourth-order valence-electron chi connectivity index (χ4n) is 2.33. The summed E-state index contributed by atoms with van der Waals surface area (Å²) >= 11 is 0. The van der Waals surface area contributed by atoms with Crippen LogP contribution in [0.15, 0.2) is 36.4 Å². The Labute approximate surface area is 148 Å². The molecule has 0 aliphatic heterocycles. The lowest BCUT2D eigenvalue weighted by Crippen LogP contribution is -2.20. The number of ether oxygens (including phenoxy) is 1. The molecule has 2 aromatic rings. The third-order valence-electron chi connectivity index (χ3n) is 3.97. The second-order valence-electron chi connectivity index (χ2n) is 6.41. The van der Waals surface area contributed by atoms with Gasteiger partial charge in [-0.1, -0.05) is 19.9 Å². The van der Waals surface area contributed by atoms with Crippen molar-refractivity contribution in [3.8, 4) is 5.75 Å². The standard InChI is InChI=1S/C20H24N2O3/c1-12(2)20(24)15-6-8-18(17(21)10-15)25-11-19(23)22-16-7-5-13(3)14(4)9-16/h5-10,12H,11,21H2,1-4H3,(H,22,23). The highest BCUT2D eigenvalue weighted by molar-refractivity contribution is 5.98. The number of ketones is 1. The van der Waals surface area contributed by atoms with E-state index in [1.807, 2.05) is 45.9 Å². The minimum Gasteiger partial charge on any atom is -0.482 e. The number of nitrogen functional groups attached to an aromatic ring is 1. The first-order valence-corrected chi connectivity index (χ1v) is 8.21. The van der Waals surface area contributed by atoms with Gasteiger partial charge in [-0.2, -0.15) is 0 Å². The molecule has 0 bridgehead atoms. The molecule has 0 spiro atoms. The molecule has 2 aromatic carbocycles. The van der Waals surface area contributed by atoms with Gasteiger partial charge >= 0.3 is 0 Å². The number of hydrogen-bond acceptors (Lipinski definition) is 4. The van der Waals surface area contributed by atoms with Gasteiger partial charge in [0.25, 0.3) is 5.91 Å². The van der Waals surface area contributed by atoms with Crippen LogP contribution in [0.2, 0.25) is 0 Å². The van der Waals surface area contributed by atoms with E-state index < -0.39 is 0 Å². The summed E-state index contributed by atoms with van der Waals surface area (Å²) in [6, 6.07) is 10.6. The molecular weight excluding hydrogens is 316 g/mol. The number of benzene rings is 2. The van der Waals surface area contributed by atoms with E-state index in [4.69, 9.17) is 10.5 Å². The van der Waals surface area contributed by atoms with Gasteiger partial charge in [-0.05, 0) is 55.3 Å². The third-order valence-corrected chi connectivity index (χ3v) is 3.97. The summed E-state index contributed by atoms with van der Waals surface area (Å²) in [5, 5.41) is 2.79. The predicted molar refractivity (Wildman–Crippen MR) is 100 cm³/mol. The molecule has 0 aromatic heterocycles. The van der Waals surface area contributed by atoms with E-state index in [0.717, 1.165) is 16.8 Å². The Kier molecular flexibility index (Phi) is 5.80. The highest BCUT2D eigenvalue weighted by atomic mass is 16.5. The number of aryl methyl sites for hydroxylation is 2. The Morgan fingerprint density at radius 1 is 1.08 bits per heavy atom. The average molecular weight is 340 g/mol. The van der Waals surface area contributed by atoms with Gasteiger partial charge < -0.3 is 15.8 Å². The van der Waals surface area contributed by atoms with Gasteiger partial charge in [0, 0.05) is 17.2 Å². The molecule has 5 nitrogen and oxygen atoms in total. The quantitative estimate of drug-likeness (QED) is 0.620. The van der Waals surface area contributed by atoms with E-state index in [9.17, 15) is 9.59 Å². The SMILES string of the molecule is Cc1ccc(NC(=O)COc2ccc(C(=O)C(C)C)cc2N)cc1C. The molecule has 0 heterocycles. The Morgan fingerprint density at radius 2 is 1.80 bits per heavy atom. The smallest absolute Gasteiger partial charge is 0.262 e. The lowest BCUT2D eigenvalue weighted by molar-refractivity contribution is -0.118. The number of carbonyl (C=O) groups excluding carboxylic acids is 2. The van der Waals surface area contributed by atoms with Crippen molar-refractivity contribution in [2.75, 3.05) is 17.7 Å². The lowest BCUT2D eigenvalue weighted by Gasteiger charge is -2.12. The monoisotopic (exact) mass is 340 g/mol. The zero-order valence-electron chi connectivity index (χ0n) is 15.1. The molecule has 132 valence electrons. The maximum atomic E-state index is 12.0. The summed E-state index contributed by atoms with van der Waals surface area (Å²) in [5.41, 5.74) is 9.80. The highest BCUT2D eigenvalue weighted by Gasteiger charge is 2.13. The Morgan fingerprint density at radius 3 is 2.40 bits per heavy atom. The van der Waals surface area contributed by atoms with Gasteiger partial charge in [-0.15, -0.1) is 0 Å². The molecule has 0 fully saturated rings. The van der Waals surface area contributed by atoms with Crippen molar-refractivity contribution in [2.24, 2.45) is 5.92 Å². The zero-order chi connectivity index (χ0) is 18.6. The van der Waals surface area contributed by atoms with Crippen LogP contribution in [0.4, 0.5) is 11.4 Å². The van der Waals surface area contributed by atoms with Crippen molar-refractivity contribution in [2.45, 2.75) is 27.7 Å². The van der Waals surface area contributed by atoms with Crippen molar-refractivity contribution in [3.05, 3.63) is 53.1 Å². The molecule has 0 radical (unpaired) electrons. The largest absolute Gasteiger partial charge is 0.482 e. The number of anilines is 2. The summed E-state index contributed by atoms with van der Waals surface area (Å²) in [6.45, 7) is 7.51. The topological polar surface area (TPSA) is 81.4 Å². The molecule has 0 saturated carbocycles. The molecule has 0 atom stereocenters. The van der Waals surface area contributed by atoms with Gasteiger partial charge in [-0.3, -0.25) is 9.59 Å². The first-order chi connectivity index (χ1) is 11.8. The van der Waals surface area contributed by atoms with Crippen LogP contribution in [0.5, 0.6) is 5.75 Å². The summed E-state index contributed by atoms with van der Waals surface area (Å²) in [7, 11) is 0. The van der Waals surface area contributed by atoms with Gasteiger partial charge in [-0.25, -0.2) is 0 Å². The fourth-order valence-corrected chi connectivity index (χ4v) is 2.33. The number of rotatable bonds is 6. The average Bonchev–Trinajstić information content (AvgIpc) is 2.56. The molecule has 25 heavy (non-hydrogen) atoms. The summed E-state index contributed by atoms with van der Waals surface area (Å²) in [6.07, 6.45) is 0. The van der Waals surface area contributed by atoms with Gasteiger partial charge in [0.15, 0.2) is 12.4 Å². The molecule has 2 rings (SSSR count).